The van der Waals surface area contributed by atoms with Gasteiger partial charge < -0.3 is 4.74 Å². The van der Waals surface area contributed by atoms with E-state index in [9.17, 15) is 0 Å². The Bertz CT molecular complexity index is 918. The summed E-state index contributed by atoms with van der Waals surface area (Å²) in [5.41, 5.74) is 3.05. The zero-order valence-corrected chi connectivity index (χ0v) is 14.1. The minimum absolute atomic E-state index is 0.136. The Morgan fingerprint density at radius 2 is 1.16 bits per heavy atom. The molecule has 3 aromatic rings. The molecule has 1 unspecified atom stereocenters. The first kappa shape index (κ1) is 16.4. The van der Waals surface area contributed by atoms with Crippen molar-refractivity contribution >= 4 is 0 Å². The van der Waals surface area contributed by atoms with Crippen molar-refractivity contribution in [3.63, 3.8) is 0 Å². The molecule has 0 fully saturated rings. The van der Waals surface area contributed by atoms with Gasteiger partial charge in [-0.2, -0.15) is 0 Å². The third-order valence-corrected chi connectivity index (χ3v) is 3.72. The summed E-state index contributed by atoms with van der Waals surface area (Å²) in [6.07, 6.45) is 0. The summed E-state index contributed by atoms with van der Waals surface area (Å²) < 4.78 is 5.18. The largest absolute Gasteiger partial charge is 0.497 e. The van der Waals surface area contributed by atoms with Crippen LogP contribution in [0.5, 0.6) is 5.75 Å². The minimum atomic E-state index is -0.136. The molecule has 3 aromatic carbocycles. The van der Waals surface area contributed by atoms with Crippen molar-refractivity contribution < 1.29 is 4.74 Å². The van der Waals surface area contributed by atoms with Gasteiger partial charge in [0.25, 0.3) is 0 Å². The zero-order chi connectivity index (χ0) is 17.3. The third kappa shape index (κ3) is 4.77. The lowest BCUT2D eigenvalue weighted by molar-refractivity contribution is 0.415. The second-order valence-corrected chi connectivity index (χ2v) is 5.48. The van der Waals surface area contributed by atoms with Crippen molar-refractivity contribution in [1.29, 1.82) is 0 Å². The minimum Gasteiger partial charge on any atom is -0.497 e. The molecule has 3 rings (SSSR count). The number of benzene rings is 3. The van der Waals surface area contributed by atoms with E-state index in [1.165, 1.54) is 0 Å². The van der Waals surface area contributed by atoms with Gasteiger partial charge in [-0.05, 0) is 42.0 Å². The van der Waals surface area contributed by atoms with Crippen LogP contribution < -0.4 is 4.74 Å². The molecule has 0 saturated heterocycles. The second kappa shape index (κ2) is 8.44. The first-order valence-electron chi connectivity index (χ1n) is 8.12. The van der Waals surface area contributed by atoms with Gasteiger partial charge in [-0.15, -0.1) is 0 Å². The Morgan fingerprint density at radius 1 is 0.640 bits per heavy atom. The van der Waals surface area contributed by atoms with E-state index < -0.39 is 0 Å². The lowest BCUT2D eigenvalue weighted by Gasteiger charge is -2.03. The van der Waals surface area contributed by atoms with E-state index in [-0.39, 0.29) is 5.92 Å². The normalized spacial score (nSPS) is 10.6. The van der Waals surface area contributed by atoms with Crippen LogP contribution in [0.3, 0.4) is 0 Å². The Labute approximate surface area is 149 Å². The van der Waals surface area contributed by atoms with Gasteiger partial charge in [-0.1, -0.05) is 72.2 Å². The zero-order valence-electron chi connectivity index (χ0n) is 14.1. The molecule has 0 saturated carbocycles. The Morgan fingerprint density at radius 3 is 1.72 bits per heavy atom. The molecule has 0 amide bonds. The highest BCUT2D eigenvalue weighted by molar-refractivity contribution is 5.46. The fourth-order valence-corrected chi connectivity index (χ4v) is 2.36. The van der Waals surface area contributed by atoms with Gasteiger partial charge in [0.15, 0.2) is 0 Å². The van der Waals surface area contributed by atoms with Crippen LogP contribution in [-0.2, 0) is 0 Å². The summed E-state index contributed by atoms with van der Waals surface area (Å²) in [5, 5.41) is 0. The number of methoxy groups -OCH3 is 1. The van der Waals surface area contributed by atoms with Gasteiger partial charge in [-0.3, -0.25) is 0 Å². The van der Waals surface area contributed by atoms with Crippen LogP contribution in [0, 0.1) is 23.7 Å². The monoisotopic (exact) mass is 322 g/mol. The fraction of sp³-hybridized carbons (Fsp3) is 0.0833. The smallest absolute Gasteiger partial charge is 0.118 e. The van der Waals surface area contributed by atoms with E-state index in [4.69, 9.17) is 4.74 Å². The average molecular weight is 322 g/mol. The molecule has 0 aliphatic heterocycles. The van der Waals surface area contributed by atoms with Crippen LogP contribution in [0.15, 0.2) is 84.9 Å². The van der Waals surface area contributed by atoms with Crippen molar-refractivity contribution in [3.05, 3.63) is 102 Å². The standard InChI is InChI=1S/C24H18O/c1-25-24-18-14-21(15-19-24)13-17-23(22-10-6-3-7-11-22)16-12-20-8-4-2-5-9-20/h2-11,14-15,18-19,23H,1H3. The molecule has 1 heteroatoms. The first-order valence-corrected chi connectivity index (χ1v) is 8.12. The van der Waals surface area contributed by atoms with Gasteiger partial charge in [0.05, 0.1) is 7.11 Å². The number of hydrogen-bond acceptors (Lipinski definition) is 1. The molecule has 0 spiro atoms. The quantitative estimate of drug-likeness (QED) is 0.611. The second-order valence-electron chi connectivity index (χ2n) is 5.48. The molecule has 25 heavy (non-hydrogen) atoms. The van der Waals surface area contributed by atoms with E-state index in [1.54, 1.807) is 7.11 Å². The molecule has 1 nitrogen and oxygen atoms in total. The van der Waals surface area contributed by atoms with Crippen LogP contribution in [0.1, 0.15) is 22.6 Å². The molecular weight excluding hydrogens is 304 g/mol. The number of hydrogen-bond donors (Lipinski definition) is 0. The number of ether oxygens (including phenoxy) is 1. The Kier molecular flexibility index (Phi) is 5.55. The van der Waals surface area contributed by atoms with Crippen LogP contribution in [-0.4, -0.2) is 7.11 Å². The van der Waals surface area contributed by atoms with Crippen molar-refractivity contribution in [2.75, 3.05) is 7.11 Å². The third-order valence-electron chi connectivity index (χ3n) is 3.72. The molecule has 120 valence electrons. The summed E-state index contributed by atoms with van der Waals surface area (Å²) in [5.74, 6) is 13.7. The van der Waals surface area contributed by atoms with Gasteiger partial charge >= 0.3 is 0 Å². The van der Waals surface area contributed by atoms with Crippen LogP contribution in [0.2, 0.25) is 0 Å². The lowest BCUT2D eigenvalue weighted by atomic mass is 9.99. The van der Waals surface area contributed by atoms with E-state index >= 15 is 0 Å². The molecule has 0 aliphatic carbocycles. The maximum atomic E-state index is 5.18. The molecule has 0 aromatic heterocycles. The molecule has 0 heterocycles. The van der Waals surface area contributed by atoms with Gasteiger partial charge in [-0.25, -0.2) is 0 Å². The van der Waals surface area contributed by atoms with Gasteiger partial charge in [0, 0.05) is 11.1 Å². The topological polar surface area (TPSA) is 9.23 Å². The highest BCUT2D eigenvalue weighted by Crippen LogP contribution is 2.15. The molecule has 0 N–H and O–H groups in total. The highest BCUT2D eigenvalue weighted by atomic mass is 16.5. The first-order chi connectivity index (χ1) is 12.3. The van der Waals surface area contributed by atoms with Crippen LogP contribution in [0.4, 0.5) is 0 Å². The predicted octanol–water partition coefficient (Wildman–Crippen LogP) is 4.88. The summed E-state index contributed by atoms with van der Waals surface area (Å²) in [6, 6.07) is 27.9. The van der Waals surface area contributed by atoms with Crippen molar-refractivity contribution in [2.24, 2.45) is 0 Å². The number of rotatable bonds is 2. The SMILES string of the molecule is COc1ccc(C#CC(C#Cc2ccccc2)c2ccccc2)cc1. The fourth-order valence-electron chi connectivity index (χ4n) is 2.36. The molecule has 0 aliphatic rings. The van der Waals surface area contributed by atoms with E-state index in [0.717, 1.165) is 22.4 Å². The van der Waals surface area contributed by atoms with Crippen molar-refractivity contribution in [2.45, 2.75) is 5.92 Å². The molecule has 0 radical (unpaired) electrons. The summed E-state index contributed by atoms with van der Waals surface area (Å²) in [4.78, 5) is 0. The Hall–Kier alpha value is -3.42. The van der Waals surface area contributed by atoms with E-state index in [2.05, 4.69) is 35.8 Å². The Balaban J connectivity index is 1.90. The molecular formula is C24H18O. The predicted molar refractivity (Wildman–Crippen MR) is 102 cm³/mol. The van der Waals surface area contributed by atoms with E-state index in [1.807, 2.05) is 72.8 Å². The molecule has 0 bridgehead atoms. The van der Waals surface area contributed by atoms with Gasteiger partial charge in [0.1, 0.15) is 11.7 Å². The van der Waals surface area contributed by atoms with Crippen molar-refractivity contribution in [3.8, 4) is 29.4 Å². The van der Waals surface area contributed by atoms with Crippen LogP contribution >= 0.6 is 0 Å². The van der Waals surface area contributed by atoms with E-state index in [0.29, 0.717) is 0 Å². The average Bonchev–Trinajstić information content (AvgIpc) is 2.70. The molecule has 1 atom stereocenters. The summed E-state index contributed by atoms with van der Waals surface area (Å²) >= 11 is 0. The highest BCUT2D eigenvalue weighted by Gasteiger charge is 2.03. The van der Waals surface area contributed by atoms with Crippen LogP contribution in [0.25, 0.3) is 0 Å². The maximum Gasteiger partial charge on any atom is 0.118 e. The van der Waals surface area contributed by atoms with Gasteiger partial charge in [0.2, 0.25) is 0 Å². The summed E-state index contributed by atoms with van der Waals surface area (Å²) in [6.45, 7) is 0. The summed E-state index contributed by atoms with van der Waals surface area (Å²) in [7, 11) is 1.66. The maximum absolute atomic E-state index is 5.18. The lowest BCUT2D eigenvalue weighted by Crippen LogP contribution is -1.92. The van der Waals surface area contributed by atoms with Crippen molar-refractivity contribution in [1.82, 2.24) is 0 Å².